The molecule has 0 aliphatic carbocycles. The van der Waals surface area contributed by atoms with Crippen molar-refractivity contribution >= 4 is 40.7 Å². The van der Waals surface area contributed by atoms with Gasteiger partial charge in [-0.25, -0.2) is 0 Å². The number of fused-ring (bicyclic) bond motifs is 1. The summed E-state index contributed by atoms with van der Waals surface area (Å²) in [6.45, 7) is -0.0647. The molecule has 2 aromatic carbocycles. The van der Waals surface area contributed by atoms with Crippen molar-refractivity contribution in [2.24, 2.45) is 5.73 Å². The van der Waals surface area contributed by atoms with E-state index in [1.807, 2.05) is 0 Å². The summed E-state index contributed by atoms with van der Waals surface area (Å²) in [7, 11) is 0. The average Bonchev–Trinajstić information content (AvgIpc) is 2.52. The van der Waals surface area contributed by atoms with Gasteiger partial charge in [0.1, 0.15) is 6.17 Å². The lowest BCUT2D eigenvalue weighted by atomic mass is 10.0. The molecule has 118 valence electrons. The molecule has 7 heteroatoms. The number of halogens is 2. The molecule has 0 bridgehead atoms. The molecule has 1 aliphatic rings. The van der Waals surface area contributed by atoms with Crippen molar-refractivity contribution in [3.05, 3.63) is 63.6 Å². The first-order chi connectivity index (χ1) is 11.0. The summed E-state index contributed by atoms with van der Waals surface area (Å²) < 4.78 is 0. The number of carbonyl (C=O) groups excluding carboxylic acids is 2. The predicted octanol–water partition coefficient (Wildman–Crippen LogP) is 2.73. The van der Waals surface area contributed by atoms with Crippen molar-refractivity contribution in [2.75, 3.05) is 11.4 Å². The van der Waals surface area contributed by atoms with Crippen LogP contribution in [0.1, 0.15) is 22.1 Å². The van der Waals surface area contributed by atoms with Gasteiger partial charge in [0.25, 0.3) is 5.91 Å². The Bertz CT molecular complexity index is 795. The third kappa shape index (κ3) is 2.85. The summed E-state index contributed by atoms with van der Waals surface area (Å²) in [6, 6.07) is 12.1. The Hall–Kier alpha value is -2.24. The Morgan fingerprint density at radius 3 is 2.65 bits per heavy atom. The van der Waals surface area contributed by atoms with Gasteiger partial charge in [0, 0.05) is 5.56 Å². The fourth-order valence-corrected chi connectivity index (χ4v) is 3.07. The van der Waals surface area contributed by atoms with Crippen LogP contribution in [-0.2, 0) is 4.79 Å². The number of hydrogen-bond acceptors (Lipinski definition) is 3. The van der Waals surface area contributed by atoms with Gasteiger partial charge in [0.2, 0.25) is 5.91 Å². The minimum absolute atomic E-state index is 0.0647. The number of nitrogens with one attached hydrogen (secondary N) is 1. The van der Waals surface area contributed by atoms with Crippen LogP contribution in [0.25, 0.3) is 0 Å². The molecule has 3 N–H and O–H groups in total. The first-order valence-electron chi connectivity index (χ1n) is 6.88. The van der Waals surface area contributed by atoms with Gasteiger partial charge in [-0.3, -0.25) is 9.59 Å². The van der Waals surface area contributed by atoms with E-state index in [1.54, 1.807) is 47.4 Å². The summed E-state index contributed by atoms with van der Waals surface area (Å²) >= 11 is 12.3. The highest BCUT2D eigenvalue weighted by Crippen LogP contribution is 2.37. The average molecular weight is 350 g/mol. The maximum absolute atomic E-state index is 12.4. The number of amides is 2. The highest BCUT2D eigenvalue weighted by atomic mass is 35.5. The Morgan fingerprint density at radius 1 is 1.17 bits per heavy atom. The van der Waals surface area contributed by atoms with Crippen molar-refractivity contribution in [3.8, 4) is 0 Å². The molecule has 1 heterocycles. The normalized spacial score (nSPS) is 16.7. The Kier molecular flexibility index (Phi) is 4.15. The summed E-state index contributed by atoms with van der Waals surface area (Å²) in [4.78, 5) is 25.6. The van der Waals surface area contributed by atoms with Crippen molar-refractivity contribution in [3.63, 3.8) is 0 Å². The van der Waals surface area contributed by atoms with E-state index in [0.717, 1.165) is 0 Å². The van der Waals surface area contributed by atoms with Crippen molar-refractivity contribution in [1.29, 1.82) is 0 Å². The summed E-state index contributed by atoms with van der Waals surface area (Å²) in [5.41, 5.74) is 7.07. The molecule has 23 heavy (non-hydrogen) atoms. The first-order valence-corrected chi connectivity index (χ1v) is 7.63. The SMILES string of the molecule is NC(=O)CN1c2ccccc2C(=O)N[C@H]1c1cccc(Cl)c1Cl. The molecule has 0 unspecified atom stereocenters. The molecule has 1 aliphatic heterocycles. The van der Waals surface area contributed by atoms with Crippen LogP contribution >= 0.6 is 23.2 Å². The highest BCUT2D eigenvalue weighted by Gasteiger charge is 2.33. The number of nitrogens with zero attached hydrogens (tertiary/aromatic N) is 1. The van der Waals surface area contributed by atoms with E-state index >= 15 is 0 Å². The molecular formula is C16H13Cl2N3O2. The van der Waals surface area contributed by atoms with Crippen LogP contribution in [0, 0.1) is 0 Å². The second-order valence-electron chi connectivity index (χ2n) is 5.13. The molecule has 2 aromatic rings. The standard InChI is InChI=1S/C16H13Cl2N3O2/c17-11-6-3-5-10(14(11)18)15-20-16(23)9-4-1-2-7-12(9)21(15)8-13(19)22/h1-7,15H,8H2,(H2,19,22)(H,20,23)/t15-/m1/s1. The molecule has 3 rings (SSSR count). The largest absolute Gasteiger partial charge is 0.368 e. The van der Waals surface area contributed by atoms with Crippen LogP contribution in [0.4, 0.5) is 5.69 Å². The van der Waals surface area contributed by atoms with E-state index in [9.17, 15) is 9.59 Å². The van der Waals surface area contributed by atoms with E-state index in [1.165, 1.54) is 0 Å². The quantitative estimate of drug-likeness (QED) is 0.894. The zero-order valence-electron chi connectivity index (χ0n) is 11.9. The van der Waals surface area contributed by atoms with E-state index in [-0.39, 0.29) is 12.5 Å². The summed E-state index contributed by atoms with van der Waals surface area (Å²) in [6.07, 6.45) is -0.629. The number of rotatable bonds is 3. The zero-order chi connectivity index (χ0) is 16.6. The molecule has 0 fully saturated rings. The third-order valence-corrected chi connectivity index (χ3v) is 4.47. The Labute approximate surface area is 143 Å². The Balaban J connectivity index is 2.14. The third-order valence-electron chi connectivity index (χ3n) is 3.64. The number of hydrogen-bond donors (Lipinski definition) is 2. The van der Waals surface area contributed by atoms with E-state index in [4.69, 9.17) is 28.9 Å². The molecule has 0 radical (unpaired) electrons. The number of nitrogens with two attached hydrogens (primary N) is 1. The lowest BCUT2D eigenvalue weighted by Gasteiger charge is -2.38. The first kappa shape index (κ1) is 15.6. The van der Waals surface area contributed by atoms with Crippen LogP contribution in [0.5, 0.6) is 0 Å². The van der Waals surface area contributed by atoms with Gasteiger partial charge >= 0.3 is 0 Å². The number of para-hydroxylation sites is 1. The minimum Gasteiger partial charge on any atom is -0.368 e. The van der Waals surface area contributed by atoms with E-state index < -0.39 is 12.1 Å². The van der Waals surface area contributed by atoms with Crippen molar-refractivity contribution in [1.82, 2.24) is 5.32 Å². The topological polar surface area (TPSA) is 75.4 Å². The molecule has 0 aromatic heterocycles. The van der Waals surface area contributed by atoms with Gasteiger partial charge < -0.3 is 16.0 Å². The van der Waals surface area contributed by atoms with Crippen molar-refractivity contribution < 1.29 is 9.59 Å². The van der Waals surface area contributed by atoms with Crippen LogP contribution in [0.15, 0.2) is 42.5 Å². The molecule has 2 amide bonds. The molecule has 5 nitrogen and oxygen atoms in total. The molecule has 0 spiro atoms. The summed E-state index contributed by atoms with van der Waals surface area (Å²) in [5.74, 6) is -0.763. The number of benzene rings is 2. The van der Waals surface area contributed by atoms with Crippen LogP contribution < -0.4 is 16.0 Å². The van der Waals surface area contributed by atoms with Gasteiger partial charge in [-0.15, -0.1) is 0 Å². The molecular weight excluding hydrogens is 337 g/mol. The van der Waals surface area contributed by atoms with Crippen molar-refractivity contribution in [2.45, 2.75) is 6.17 Å². The van der Waals surface area contributed by atoms with Gasteiger partial charge in [0.15, 0.2) is 0 Å². The van der Waals surface area contributed by atoms with E-state index in [0.29, 0.717) is 26.9 Å². The van der Waals surface area contributed by atoms with Gasteiger partial charge in [-0.1, -0.05) is 47.5 Å². The van der Waals surface area contributed by atoms with Gasteiger partial charge in [-0.2, -0.15) is 0 Å². The second kappa shape index (κ2) is 6.10. The van der Waals surface area contributed by atoms with Gasteiger partial charge in [-0.05, 0) is 18.2 Å². The zero-order valence-corrected chi connectivity index (χ0v) is 13.4. The minimum atomic E-state index is -0.629. The lowest BCUT2D eigenvalue weighted by molar-refractivity contribution is -0.116. The van der Waals surface area contributed by atoms with E-state index in [2.05, 4.69) is 5.32 Å². The fourth-order valence-electron chi connectivity index (χ4n) is 2.66. The van der Waals surface area contributed by atoms with Crippen LogP contribution in [0.2, 0.25) is 10.0 Å². The number of carbonyl (C=O) groups is 2. The highest BCUT2D eigenvalue weighted by molar-refractivity contribution is 6.42. The maximum atomic E-state index is 12.4. The predicted molar refractivity (Wildman–Crippen MR) is 89.7 cm³/mol. The second-order valence-corrected chi connectivity index (χ2v) is 5.92. The fraction of sp³-hybridized carbons (Fsp3) is 0.125. The summed E-state index contributed by atoms with van der Waals surface area (Å²) in [5, 5.41) is 3.55. The molecule has 0 saturated carbocycles. The smallest absolute Gasteiger partial charge is 0.255 e. The maximum Gasteiger partial charge on any atom is 0.255 e. The Morgan fingerprint density at radius 2 is 1.91 bits per heavy atom. The van der Waals surface area contributed by atoms with Crippen LogP contribution in [0.3, 0.4) is 0 Å². The molecule has 0 saturated heterocycles. The number of anilines is 1. The van der Waals surface area contributed by atoms with Crippen LogP contribution in [-0.4, -0.2) is 18.4 Å². The molecule has 1 atom stereocenters. The monoisotopic (exact) mass is 349 g/mol. The number of primary amides is 1. The lowest BCUT2D eigenvalue weighted by Crippen LogP contribution is -2.49. The van der Waals surface area contributed by atoms with Gasteiger partial charge in [0.05, 0.1) is 27.8 Å².